The van der Waals surface area contributed by atoms with Crippen molar-refractivity contribution in [3.63, 3.8) is 0 Å². The number of rotatable bonds is 6. The molecule has 0 fully saturated rings. The second-order valence-corrected chi connectivity index (χ2v) is 3.59. The summed E-state index contributed by atoms with van der Waals surface area (Å²) in [4.78, 5) is 11.1. The molecule has 0 spiro atoms. The van der Waals surface area contributed by atoms with Crippen molar-refractivity contribution in [2.24, 2.45) is 0 Å². The van der Waals surface area contributed by atoms with Crippen LogP contribution in [-0.4, -0.2) is 26.8 Å². The number of hydrogen-bond donors (Lipinski definition) is 0. The molecule has 0 saturated heterocycles. The minimum atomic E-state index is -0.269. The summed E-state index contributed by atoms with van der Waals surface area (Å²) in [6, 6.07) is 5.44. The molecule has 17 heavy (non-hydrogen) atoms. The third-order valence-corrected chi connectivity index (χ3v) is 2.27. The fourth-order valence-electron chi connectivity index (χ4n) is 1.39. The average molecular weight is 238 g/mol. The molecule has 0 radical (unpaired) electrons. The zero-order chi connectivity index (χ0) is 12.7. The molecule has 0 aliphatic rings. The van der Waals surface area contributed by atoms with Gasteiger partial charge >= 0.3 is 5.97 Å². The number of ether oxygens (including phenoxy) is 3. The van der Waals surface area contributed by atoms with E-state index in [9.17, 15) is 4.79 Å². The van der Waals surface area contributed by atoms with Crippen LogP contribution in [0.1, 0.15) is 18.9 Å². The van der Waals surface area contributed by atoms with E-state index in [0.717, 1.165) is 12.0 Å². The Morgan fingerprint density at radius 3 is 2.59 bits per heavy atom. The number of carbonyl (C=O) groups excluding carboxylic acids is 1. The summed E-state index contributed by atoms with van der Waals surface area (Å²) in [7, 11) is 2.95. The van der Waals surface area contributed by atoms with Crippen LogP contribution in [0.2, 0.25) is 0 Å². The molecule has 0 bridgehead atoms. The second-order valence-electron chi connectivity index (χ2n) is 3.59. The zero-order valence-electron chi connectivity index (χ0n) is 10.5. The van der Waals surface area contributed by atoms with E-state index >= 15 is 0 Å². The number of hydrogen-bond acceptors (Lipinski definition) is 4. The lowest BCUT2D eigenvalue weighted by atomic mass is 10.1. The van der Waals surface area contributed by atoms with Crippen LogP contribution in [0.4, 0.5) is 0 Å². The summed E-state index contributed by atoms with van der Waals surface area (Å²) in [6.45, 7) is 2.69. The van der Waals surface area contributed by atoms with Crippen LogP contribution in [0.15, 0.2) is 18.2 Å². The van der Waals surface area contributed by atoms with Gasteiger partial charge in [-0.15, -0.1) is 0 Å². The second kappa shape index (κ2) is 6.78. The highest BCUT2D eigenvalue weighted by molar-refractivity contribution is 5.72. The Labute approximate surface area is 101 Å². The van der Waals surface area contributed by atoms with Crippen LogP contribution in [0.3, 0.4) is 0 Å². The van der Waals surface area contributed by atoms with Gasteiger partial charge in [-0.3, -0.25) is 4.79 Å². The first-order chi connectivity index (χ1) is 8.21. The lowest BCUT2D eigenvalue weighted by Crippen LogP contribution is -2.05. The van der Waals surface area contributed by atoms with Crippen molar-refractivity contribution in [1.29, 1.82) is 0 Å². The maximum absolute atomic E-state index is 11.1. The smallest absolute Gasteiger partial charge is 0.309 e. The molecular formula is C13H18O4. The van der Waals surface area contributed by atoms with Gasteiger partial charge in [-0.2, -0.15) is 0 Å². The third kappa shape index (κ3) is 3.98. The van der Waals surface area contributed by atoms with E-state index in [1.54, 1.807) is 13.2 Å². The molecule has 94 valence electrons. The van der Waals surface area contributed by atoms with Crippen molar-refractivity contribution in [3.8, 4) is 11.5 Å². The molecule has 0 N–H and O–H groups in total. The SMILES string of the molecule is CCCOc1ccc(CC(=O)OC)cc1OC. The van der Waals surface area contributed by atoms with Gasteiger partial charge in [-0.1, -0.05) is 13.0 Å². The monoisotopic (exact) mass is 238 g/mol. The van der Waals surface area contributed by atoms with E-state index < -0.39 is 0 Å². The van der Waals surface area contributed by atoms with E-state index in [-0.39, 0.29) is 12.4 Å². The normalized spacial score (nSPS) is 9.82. The Morgan fingerprint density at radius 2 is 2.00 bits per heavy atom. The first-order valence-corrected chi connectivity index (χ1v) is 5.57. The van der Waals surface area contributed by atoms with Crippen LogP contribution in [-0.2, 0) is 16.0 Å². The molecule has 0 aromatic heterocycles. The number of benzene rings is 1. The van der Waals surface area contributed by atoms with Crippen molar-refractivity contribution < 1.29 is 19.0 Å². The lowest BCUT2D eigenvalue weighted by Gasteiger charge is -2.11. The van der Waals surface area contributed by atoms with Gasteiger partial charge < -0.3 is 14.2 Å². The Bertz CT molecular complexity index is 374. The molecule has 4 heteroatoms. The molecule has 0 saturated carbocycles. The zero-order valence-corrected chi connectivity index (χ0v) is 10.5. The van der Waals surface area contributed by atoms with Gasteiger partial charge in [0.05, 0.1) is 27.2 Å². The largest absolute Gasteiger partial charge is 0.493 e. The maximum Gasteiger partial charge on any atom is 0.309 e. The van der Waals surface area contributed by atoms with Crippen molar-refractivity contribution in [3.05, 3.63) is 23.8 Å². The fraction of sp³-hybridized carbons (Fsp3) is 0.462. The van der Waals surface area contributed by atoms with Crippen molar-refractivity contribution in [2.45, 2.75) is 19.8 Å². The van der Waals surface area contributed by atoms with Gasteiger partial charge in [0.1, 0.15) is 0 Å². The number of methoxy groups -OCH3 is 2. The predicted molar refractivity (Wildman–Crippen MR) is 64.5 cm³/mol. The Morgan fingerprint density at radius 1 is 1.24 bits per heavy atom. The predicted octanol–water partition coefficient (Wildman–Crippen LogP) is 2.20. The molecule has 1 aromatic carbocycles. The molecule has 0 aliphatic heterocycles. The standard InChI is InChI=1S/C13H18O4/c1-4-7-17-11-6-5-10(8-12(11)15-2)9-13(14)16-3/h5-6,8H,4,7,9H2,1-3H3. The highest BCUT2D eigenvalue weighted by Gasteiger charge is 2.08. The molecular weight excluding hydrogens is 220 g/mol. The molecule has 0 atom stereocenters. The van der Waals surface area contributed by atoms with Crippen LogP contribution in [0.5, 0.6) is 11.5 Å². The van der Waals surface area contributed by atoms with E-state index in [0.29, 0.717) is 18.1 Å². The van der Waals surface area contributed by atoms with Gasteiger partial charge in [-0.25, -0.2) is 0 Å². The summed E-state index contributed by atoms with van der Waals surface area (Å²) in [5.41, 5.74) is 0.845. The lowest BCUT2D eigenvalue weighted by molar-refractivity contribution is -0.139. The van der Waals surface area contributed by atoms with E-state index in [1.165, 1.54) is 7.11 Å². The third-order valence-electron chi connectivity index (χ3n) is 2.27. The number of carbonyl (C=O) groups is 1. The first kappa shape index (κ1) is 13.4. The van der Waals surface area contributed by atoms with Crippen LogP contribution in [0, 0.1) is 0 Å². The molecule has 1 aromatic rings. The quantitative estimate of drug-likeness (QED) is 0.713. The van der Waals surface area contributed by atoms with Gasteiger partial charge in [0.25, 0.3) is 0 Å². The molecule has 0 unspecified atom stereocenters. The highest BCUT2D eigenvalue weighted by Crippen LogP contribution is 2.28. The van der Waals surface area contributed by atoms with Gasteiger partial charge in [0.2, 0.25) is 0 Å². The summed E-state index contributed by atoms with van der Waals surface area (Å²) >= 11 is 0. The van der Waals surface area contributed by atoms with Crippen LogP contribution >= 0.6 is 0 Å². The van der Waals surface area contributed by atoms with Gasteiger partial charge in [0.15, 0.2) is 11.5 Å². The van der Waals surface area contributed by atoms with E-state index in [1.807, 2.05) is 19.1 Å². The minimum absolute atomic E-state index is 0.237. The van der Waals surface area contributed by atoms with E-state index in [4.69, 9.17) is 9.47 Å². The molecule has 0 amide bonds. The summed E-state index contributed by atoms with van der Waals surface area (Å²) < 4.78 is 15.4. The van der Waals surface area contributed by atoms with E-state index in [2.05, 4.69) is 4.74 Å². The molecule has 0 heterocycles. The Hall–Kier alpha value is -1.71. The Kier molecular flexibility index (Phi) is 5.33. The van der Waals surface area contributed by atoms with Crippen LogP contribution in [0.25, 0.3) is 0 Å². The summed E-state index contributed by atoms with van der Waals surface area (Å²) in [6.07, 6.45) is 1.17. The summed E-state index contributed by atoms with van der Waals surface area (Å²) in [5.74, 6) is 1.07. The van der Waals surface area contributed by atoms with Crippen LogP contribution < -0.4 is 9.47 Å². The van der Waals surface area contributed by atoms with Crippen molar-refractivity contribution in [1.82, 2.24) is 0 Å². The van der Waals surface area contributed by atoms with Crippen molar-refractivity contribution in [2.75, 3.05) is 20.8 Å². The molecule has 4 nitrogen and oxygen atoms in total. The van der Waals surface area contributed by atoms with Crippen molar-refractivity contribution >= 4 is 5.97 Å². The van der Waals surface area contributed by atoms with Gasteiger partial charge in [0, 0.05) is 0 Å². The maximum atomic E-state index is 11.1. The van der Waals surface area contributed by atoms with Gasteiger partial charge in [-0.05, 0) is 24.1 Å². The first-order valence-electron chi connectivity index (χ1n) is 5.57. The average Bonchev–Trinajstić information content (AvgIpc) is 2.36. The molecule has 1 rings (SSSR count). The number of esters is 1. The summed E-state index contributed by atoms with van der Waals surface area (Å²) in [5, 5.41) is 0. The highest BCUT2D eigenvalue weighted by atomic mass is 16.5. The minimum Gasteiger partial charge on any atom is -0.493 e. The topological polar surface area (TPSA) is 44.8 Å². The fourth-order valence-corrected chi connectivity index (χ4v) is 1.39. The molecule has 0 aliphatic carbocycles. The Balaban J connectivity index is 2.80.